The molecule has 0 unspecified atom stereocenters. The Morgan fingerprint density at radius 2 is 1.54 bits per heavy atom. The molecule has 0 aliphatic carbocycles. The molecule has 24 heavy (non-hydrogen) atoms. The van der Waals surface area contributed by atoms with Gasteiger partial charge in [0.15, 0.2) is 0 Å². The standard InChI is InChI=1S/C17H16N6O/c1-11-10-12(2)21-17(20-11)22-14-6-4-13(5-7-14)15(24)23-16-18-8-3-9-19-16/h3-10H,1-2H3,(H,20,21,22)(H,18,19,23,24). The number of hydrogen-bond acceptors (Lipinski definition) is 6. The number of hydrogen-bond donors (Lipinski definition) is 2. The van der Waals surface area contributed by atoms with Crippen molar-refractivity contribution in [1.82, 2.24) is 19.9 Å². The van der Waals surface area contributed by atoms with Crippen molar-refractivity contribution in [2.45, 2.75) is 13.8 Å². The van der Waals surface area contributed by atoms with E-state index in [1.165, 1.54) is 0 Å². The van der Waals surface area contributed by atoms with Gasteiger partial charge in [0, 0.05) is 35.0 Å². The molecule has 7 heteroatoms. The van der Waals surface area contributed by atoms with Gasteiger partial charge in [-0.25, -0.2) is 19.9 Å². The first kappa shape index (κ1) is 15.5. The second-order valence-corrected chi connectivity index (χ2v) is 5.20. The summed E-state index contributed by atoms with van der Waals surface area (Å²) in [5, 5.41) is 5.76. The molecular weight excluding hydrogens is 304 g/mol. The summed E-state index contributed by atoms with van der Waals surface area (Å²) in [6.45, 7) is 3.83. The van der Waals surface area contributed by atoms with Gasteiger partial charge in [-0.15, -0.1) is 0 Å². The zero-order valence-electron chi connectivity index (χ0n) is 13.3. The van der Waals surface area contributed by atoms with Crippen LogP contribution in [0.5, 0.6) is 0 Å². The molecule has 0 radical (unpaired) electrons. The van der Waals surface area contributed by atoms with Crippen LogP contribution in [0.3, 0.4) is 0 Å². The summed E-state index contributed by atoms with van der Waals surface area (Å²) in [5.41, 5.74) is 3.09. The van der Waals surface area contributed by atoms with Crippen molar-refractivity contribution in [1.29, 1.82) is 0 Å². The number of aromatic nitrogens is 4. The minimum Gasteiger partial charge on any atom is -0.324 e. The summed E-state index contributed by atoms with van der Waals surface area (Å²) in [5.74, 6) is 0.533. The second-order valence-electron chi connectivity index (χ2n) is 5.20. The Hall–Kier alpha value is -3.35. The van der Waals surface area contributed by atoms with Crippen molar-refractivity contribution in [3.63, 3.8) is 0 Å². The molecule has 1 amide bonds. The minimum atomic E-state index is -0.268. The van der Waals surface area contributed by atoms with Crippen molar-refractivity contribution >= 4 is 23.5 Å². The van der Waals surface area contributed by atoms with E-state index in [0.29, 0.717) is 11.5 Å². The Kier molecular flexibility index (Phi) is 4.42. The first-order valence-electron chi connectivity index (χ1n) is 7.38. The molecule has 7 nitrogen and oxygen atoms in total. The molecule has 2 heterocycles. The third kappa shape index (κ3) is 3.89. The molecule has 0 spiro atoms. The van der Waals surface area contributed by atoms with Crippen molar-refractivity contribution in [2.75, 3.05) is 10.6 Å². The van der Waals surface area contributed by atoms with Crippen molar-refractivity contribution < 1.29 is 4.79 Å². The molecule has 0 saturated carbocycles. The highest BCUT2D eigenvalue weighted by Crippen LogP contribution is 2.15. The van der Waals surface area contributed by atoms with Crippen LogP contribution in [0.15, 0.2) is 48.8 Å². The van der Waals surface area contributed by atoms with Gasteiger partial charge in [0.2, 0.25) is 11.9 Å². The lowest BCUT2D eigenvalue weighted by atomic mass is 10.2. The number of amides is 1. The van der Waals surface area contributed by atoms with E-state index in [1.807, 2.05) is 19.9 Å². The SMILES string of the molecule is Cc1cc(C)nc(Nc2ccc(C(=O)Nc3ncccn3)cc2)n1. The van der Waals surface area contributed by atoms with E-state index in [-0.39, 0.29) is 11.9 Å². The van der Waals surface area contributed by atoms with Crippen LogP contribution in [-0.4, -0.2) is 25.8 Å². The topological polar surface area (TPSA) is 92.7 Å². The molecular formula is C17H16N6O. The van der Waals surface area contributed by atoms with Gasteiger partial charge in [-0.2, -0.15) is 0 Å². The van der Waals surface area contributed by atoms with Crippen molar-refractivity contribution in [2.24, 2.45) is 0 Å². The van der Waals surface area contributed by atoms with Gasteiger partial charge in [-0.3, -0.25) is 10.1 Å². The molecule has 0 saturated heterocycles. The van der Waals surface area contributed by atoms with E-state index in [0.717, 1.165) is 17.1 Å². The third-order valence-electron chi connectivity index (χ3n) is 3.18. The van der Waals surface area contributed by atoms with Crippen LogP contribution in [0.2, 0.25) is 0 Å². The fourth-order valence-electron chi connectivity index (χ4n) is 2.15. The maximum absolute atomic E-state index is 12.1. The summed E-state index contributed by atoms with van der Waals surface area (Å²) >= 11 is 0. The van der Waals surface area contributed by atoms with E-state index >= 15 is 0 Å². The Bertz CT molecular complexity index is 828. The van der Waals surface area contributed by atoms with Gasteiger partial charge in [0.05, 0.1) is 0 Å². The number of benzene rings is 1. The third-order valence-corrected chi connectivity index (χ3v) is 3.18. The smallest absolute Gasteiger partial charge is 0.258 e. The van der Waals surface area contributed by atoms with E-state index < -0.39 is 0 Å². The van der Waals surface area contributed by atoms with Gasteiger partial charge in [0.25, 0.3) is 5.91 Å². The quantitative estimate of drug-likeness (QED) is 0.768. The van der Waals surface area contributed by atoms with Gasteiger partial charge >= 0.3 is 0 Å². The number of aryl methyl sites for hydroxylation is 2. The van der Waals surface area contributed by atoms with Crippen LogP contribution in [0.4, 0.5) is 17.6 Å². The zero-order valence-corrected chi connectivity index (χ0v) is 13.3. The Balaban J connectivity index is 1.70. The van der Waals surface area contributed by atoms with Crippen LogP contribution in [-0.2, 0) is 0 Å². The lowest BCUT2D eigenvalue weighted by molar-refractivity contribution is 0.102. The zero-order chi connectivity index (χ0) is 16.9. The molecule has 0 fully saturated rings. The van der Waals surface area contributed by atoms with Crippen molar-refractivity contribution in [3.8, 4) is 0 Å². The average molecular weight is 320 g/mol. The molecule has 3 aromatic rings. The van der Waals surface area contributed by atoms with Gasteiger partial charge in [0.1, 0.15) is 0 Å². The average Bonchev–Trinajstić information content (AvgIpc) is 2.55. The minimum absolute atomic E-state index is 0.268. The van der Waals surface area contributed by atoms with Crippen LogP contribution in [0.1, 0.15) is 21.7 Å². The molecule has 2 N–H and O–H groups in total. The number of nitrogens with zero attached hydrogens (tertiary/aromatic N) is 4. The molecule has 3 rings (SSSR count). The number of carbonyl (C=O) groups is 1. The lowest BCUT2D eigenvalue weighted by Gasteiger charge is -2.08. The Morgan fingerprint density at radius 3 is 2.17 bits per heavy atom. The van der Waals surface area contributed by atoms with Crippen molar-refractivity contribution in [3.05, 3.63) is 65.7 Å². The predicted molar refractivity (Wildman–Crippen MR) is 91.2 cm³/mol. The summed E-state index contributed by atoms with van der Waals surface area (Å²) in [7, 11) is 0. The van der Waals surface area contributed by atoms with E-state index in [9.17, 15) is 4.79 Å². The summed E-state index contributed by atoms with van der Waals surface area (Å²) < 4.78 is 0. The largest absolute Gasteiger partial charge is 0.324 e. The second kappa shape index (κ2) is 6.82. The highest BCUT2D eigenvalue weighted by molar-refractivity contribution is 6.03. The number of carbonyl (C=O) groups excluding carboxylic acids is 1. The summed E-state index contributed by atoms with van der Waals surface area (Å²) in [6.07, 6.45) is 3.14. The normalized spacial score (nSPS) is 10.2. The first-order valence-corrected chi connectivity index (χ1v) is 7.38. The predicted octanol–water partition coefficient (Wildman–Crippen LogP) is 2.88. The number of nitrogens with one attached hydrogen (secondary N) is 2. The highest BCUT2D eigenvalue weighted by Gasteiger charge is 2.08. The van der Waals surface area contributed by atoms with E-state index in [4.69, 9.17) is 0 Å². The van der Waals surface area contributed by atoms with Crippen LogP contribution >= 0.6 is 0 Å². The molecule has 0 bridgehead atoms. The van der Waals surface area contributed by atoms with Gasteiger partial charge < -0.3 is 5.32 Å². The monoisotopic (exact) mass is 320 g/mol. The van der Waals surface area contributed by atoms with Gasteiger partial charge in [-0.05, 0) is 50.2 Å². The molecule has 0 atom stereocenters. The van der Waals surface area contributed by atoms with Crippen LogP contribution in [0, 0.1) is 13.8 Å². The molecule has 1 aromatic carbocycles. The molecule has 0 aliphatic rings. The molecule has 2 aromatic heterocycles. The molecule has 120 valence electrons. The lowest BCUT2D eigenvalue weighted by Crippen LogP contribution is -2.13. The fraction of sp³-hybridized carbons (Fsp3) is 0.118. The maximum atomic E-state index is 12.1. The Labute approximate surface area is 139 Å². The number of rotatable bonds is 4. The highest BCUT2D eigenvalue weighted by atomic mass is 16.1. The maximum Gasteiger partial charge on any atom is 0.258 e. The fourth-order valence-corrected chi connectivity index (χ4v) is 2.15. The van der Waals surface area contributed by atoms with Crippen LogP contribution < -0.4 is 10.6 Å². The van der Waals surface area contributed by atoms with Crippen LogP contribution in [0.25, 0.3) is 0 Å². The Morgan fingerprint density at radius 1 is 0.917 bits per heavy atom. The summed E-state index contributed by atoms with van der Waals surface area (Å²) in [4.78, 5) is 28.7. The number of anilines is 3. The first-order chi connectivity index (χ1) is 11.6. The van der Waals surface area contributed by atoms with E-state index in [2.05, 4.69) is 30.6 Å². The van der Waals surface area contributed by atoms with Gasteiger partial charge in [-0.1, -0.05) is 0 Å². The molecule has 0 aliphatic heterocycles. The van der Waals surface area contributed by atoms with E-state index in [1.54, 1.807) is 42.7 Å². The summed E-state index contributed by atoms with van der Waals surface area (Å²) in [6, 6.07) is 10.6.